The van der Waals surface area contributed by atoms with Crippen LogP contribution in [-0.2, 0) is 6.54 Å². The molecule has 0 spiro atoms. The van der Waals surface area contributed by atoms with Crippen molar-refractivity contribution in [3.8, 4) is 11.3 Å². The van der Waals surface area contributed by atoms with Crippen LogP contribution in [0.2, 0.25) is 5.15 Å². The fraction of sp³-hybridized carbons (Fsp3) is 0.562. The highest BCUT2D eigenvalue weighted by atomic mass is 35.5. The van der Waals surface area contributed by atoms with E-state index < -0.39 is 0 Å². The highest BCUT2D eigenvalue weighted by Crippen LogP contribution is 2.20. The molecule has 2 aromatic rings. The molecule has 3 heterocycles. The number of nitrogens with zero attached hydrogens (tertiary/aromatic N) is 5. The summed E-state index contributed by atoms with van der Waals surface area (Å²) in [5.74, 6) is 0.665. The van der Waals surface area contributed by atoms with Gasteiger partial charge in [-0.2, -0.15) is 0 Å². The molecule has 2 aromatic heterocycles. The van der Waals surface area contributed by atoms with Gasteiger partial charge in [-0.15, -0.1) is 5.10 Å². The Morgan fingerprint density at radius 2 is 2.27 bits per heavy atom. The zero-order valence-electron chi connectivity index (χ0n) is 13.0. The van der Waals surface area contributed by atoms with Gasteiger partial charge < -0.3 is 4.90 Å². The molecule has 5 nitrogen and oxygen atoms in total. The molecule has 1 fully saturated rings. The van der Waals surface area contributed by atoms with Crippen LogP contribution in [-0.4, -0.2) is 44.5 Å². The molecule has 3 rings (SSSR count). The molecule has 6 heteroatoms. The van der Waals surface area contributed by atoms with E-state index in [0.29, 0.717) is 11.1 Å². The molecule has 0 N–H and O–H groups in total. The third-order valence-electron chi connectivity index (χ3n) is 4.15. The molecule has 0 aromatic carbocycles. The van der Waals surface area contributed by atoms with Crippen LogP contribution in [0, 0.1) is 5.92 Å². The molecule has 0 amide bonds. The molecule has 0 unspecified atom stereocenters. The Morgan fingerprint density at radius 1 is 1.36 bits per heavy atom. The van der Waals surface area contributed by atoms with Crippen LogP contribution in [0.1, 0.15) is 26.2 Å². The first-order valence-electron chi connectivity index (χ1n) is 7.99. The fourth-order valence-corrected chi connectivity index (χ4v) is 3.24. The largest absolute Gasteiger partial charge is 0.303 e. The summed E-state index contributed by atoms with van der Waals surface area (Å²) in [5, 5.41) is 9.02. The van der Waals surface area contributed by atoms with Crippen LogP contribution in [0.5, 0.6) is 0 Å². The molecule has 1 aliphatic heterocycles. The summed E-state index contributed by atoms with van der Waals surface area (Å²) in [7, 11) is 0. The number of hydrogen-bond donors (Lipinski definition) is 0. The van der Waals surface area contributed by atoms with E-state index in [-0.39, 0.29) is 0 Å². The predicted octanol–water partition coefficient (Wildman–Crippen LogP) is 3.12. The lowest BCUT2D eigenvalue weighted by molar-refractivity contribution is 0.159. The average molecular weight is 320 g/mol. The van der Waals surface area contributed by atoms with Crippen LogP contribution in [0.15, 0.2) is 24.5 Å². The van der Waals surface area contributed by atoms with Gasteiger partial charge >= 0.3 is 0 Å². The summed E-state index contributed by atoms with van der Waals surface area (Å²) >= 11 is 5.82. The highest BCUT2D eigenvalue weighted by Gasteiger charge is 2.20. The summed E-state index contributed by atoms with van der Waals surface area (Å²) in [6.45, 7) is 6.80. The van der Waals surface area contributed by atoms with E-state index in [1.165, 1.54) is 38.9 Å². The second kappa shape index (κ2) is 7.20. The molecule has 118 valence electrons. The Kier molecular flexibility index (Phi) is 5.05. The van der Waals surface area contributed by atoms with Crippen molar-refractivity contribution >= 4 is 11.6 Å². The van der Waals surface area contributed by atoms with Crippen molar-refractivity contribution in [1.82, 2.24) is 24.9 Å². The average Bonchev–Trinajstić information content (AvgIpc) is 2.97. The maximum absolute atomic E-state index is 5.82. The van der Waals surface area contributed by atoms with Gasteiger partial charge in [0.05, 0.1) is 6.20 Å². The summed E-state index contributed by atoms with van der Waals surface area (Å²) in [4.78, 5) is 6.66. The third kappa shape index (κ3) is 3.84. The molecule has 22 heavy (non-hydrogen) atoms. The maximum atomic E-state index is 5.82. The summed E-state index contributed by atoms with van der Waals surface area (Å²) < 4.78 is 1.96. The van der Waals surface area contributed by atoms with Crippen molar-refractivity contribution < 1.29 is 0 Å². The van der Waals surface area contributed by atoms with Crippen LogP contribution >= 0.6 is 11.6 Å². The first-order valence-corrected chi connectivity index (χ1v) is 8.37. The topological polar surface area (TPSA) is 46.8 Å². The minimum atomic E-state index is 0.495. The molecule has 0 saturated carbocycles. The molecule has 1 saturated heterocycles. The van der Waals surface area contributed by atoms with Crippen LogP contribution < -0.4 is 0 Å². The van der Waals surface area contributed by atoms with E-state index in [1.807, 2.05) is 16.9 Å². The van der Waals surface area contributed by atoms with Gasteiger partial charge in [0.15, 0.2) is 0 Å². The summed E-state index contributed by atoms with van der Waals surface area (Å²) in [5.41, 5.74) is 1.80. The lowest BCUT2D eigenvalue weighted by atomic mass is 9.98. The number of likely N-dealkylation sites (tertiary alicyclic amines) is 1. The number of aromatic nitrogens is 4. The molecular weight excluding hydrogens is 298 g/mol. The van der Waals surface area contributed by atoms with Gasteiger partial charge in [-0.1, -0.05) is 23.7 Å². The maximum Gasteiger partial charge on any atom is 0.129 e. The first-order chi connectivity index (χ1) is 10.7. The van der Waals surface area contributed by atoms with Crippen molar-refractivity contribution in [3.05, 3.63) is 29.7 Å². The Balaban J connectivity index is 1.63. The van der Waals surface area contributed by atoms with E-state index in [0.717, 1.165) is 17.8 Å². The van der Waals surface area contributed by atoms with Crippen LogP contribution in [0.4, 0.5) is 0 Å². The molecule has 0 radical (unpaired) electrons. The Bertz CT molecular complexity index is 593. The van der Waals surface area contributed by atoms with E-state index in [9.17, 15) is 0 Å². The minimum Gasteiger partial charge on any atom is -0.303 e. The van der Waals surface area contributed by atoms with Crippen LogP contribution in [0.25, 0.3) is 11.3 Å². The van der Waals surface area contributed by atoms with E-state index in [4.69, 9.17) is 11.6 Å². The van der Waals surface area contributed by atoms with Crippen molar-refractivity contribution in [1.29, 1.82) is 0 Å². The SMILES string of the molecule is CCCN1CCC[C@H](Cn2cc(-c3ccc(Cl)nc3)nn2)C1. The van der Waals surface area contributed by atoms with Crippen molar-refractivity contribution in [2.75, 3.05) is 19.6 Å². The van der Waals surface area contributed by atoms with Gasteiger partial charge in [0.25, 0.3) is 0 Å². The predicted molar refractivity (Wildman–Crippen MR) is 87.7 cm³/mol. The summed E-state index contributed by atoms with van der Waals surface area (Å²) in [6, 6.07) is 3.70. The summed E-state index contributed by atoms with van der Waals surface area (Å²) in [6.07, 6.45) is 7.53. The lowest BCUT2D eigenvalue weighted by Crippen LogP contribution is -2.37. The van der Waals surface area contributed by atoms with E-state index in [2.05, 4.69) is 27.1 Å². The van der Waals surface area contributed by atoms with Gasteiger partial charge in [0, 0.05) is 24.8 Å². The Labute approximate surface area is 136 Å². The number of hydrogen-bond acceptors (Lipinski definition) is 4. The molecule has 0 aliphatic carbocycles. The quantitative estimate of drug-likeness (QED) is 0.794. The molecule has 1 atom stereocenters. The molecular formula is C16H22ClN5. The van der Waals surface area contributed by atoms with E-state index >= 15 is 0 Å². The number of halogens is 1. The minimum absolute atomic E-state index is 0.495. The van der Waals surface area contributed by atoms with Crippen molar-refractivity contribution in [3.63, 3.8) is 0 Å². The highest BCUT2D eigenvalue weighted by molar-refractivity contribution is 6.29. The first kappa shape index (κ1) is 15.4. The number of piperidine rings is 1. The molecule has 1 aliphatic rings. The van der Waals surface area contributed by atoms with E-state index in [1.54, 1.807) is 12.3 Å². The number of rotatable bonds is 5. The number of pyridine rings is 1. The standard InChI is InChI=1S/C16H22ClN5/c1-2-7-21-8-3-4-13(10-21)11-22-12-15(19-20-22)14-5-6-16(17)18-9-14/h5-6,9,12-13H,2-4,7-8,10-11H2,1H3/t13-/m0/s1. The van der Waals surface area contributed by atoms with Crippen LogP contribution in [0.3, 0.4) is 0 Å². The fourth-order valence-electron chi connectivity index (χ4n) is 3.13. The second-order valence-corrected chi connectivity index (χ2v) is 6.39. The van der Waals surface area contributed by atoms with Gasteiger partial charge in [0.2, 0.25) is 0 Å². The Morgan fingerprint density at radius 3 is 3.05 bits per heavy atom. The smallest absolute Gasteiger partial charge is 0.129 e. The lowest BCUT2D eigenvalue weighted by Gasteiger charge is -2.32. The monoisotopic (exact) mass is 319 g/mol. The second-order valence-electron chi connectivity index (χ2n) is 6.00. The Hall–Kier alpha value is -1.46. The van der Waals surface area contributed by atoms with Gasteiger partial charge in [0.1, 0.15) is 10.8 Å². The van der Waals surface area contributed by atoms with Gasteiger partial charge in [-0.3, -0.25) is 4.68 Å². The third-order valence-corrected chi connectivity index (χ3v) is 4.37. The van der Waals surface area contributed by atoms with Crippen molar-refractivity contribution in [2.45, 2.75) is 32.7 Å². The van der Waals surface area contributed by atoms with Gasteiger partial charge in [-0.25, -0.2) is 4.98 Å². The van der Waals surface area contributed by atoms with Crippen molar-refractivity contribution in [2.24, 2.45) is 5.92 Å². The zero-order chi connectivity index (χ0) is 15.4. The zero-order valence-corrected chi connectivity index (χ0v) is 13.7. The normalized spacial score (nSPS) is 19.5. The molecule has 0 bridgehead atoms. The van der Waals surface area contributed by atoms with Gasteiger partial charge in [-0.05, 0) is 50.4 Å².